The number of hydrogen-bond donors (Lipinski definition) is 1. The molecule has 90 valence electrons. The van der Waals surface area contributed by atoms with Crippen molar-refractivity contribution in [2.24, 2.45) is 0 Å². The molecule has 0 aliphatic rings. The zero-order valence-corrected chi connectivity index (χ0v) is 11.4. The van der Waals surface area contributed by atoms with Crippen molar-refractivity contribution in [3.8, 4) is 0 Å². The van der Waals surface area contributed by atoms with Crippen LogP contribution in [0.25, 0.3) is 0 Å². The number of halogens is 3. The molecule has 1 aromatic carbocycles. The summed E-state index contributed by atoms with van der Waals surface area (Å²) >= 11 is 11.4. The van der Waals surface area contributed by atoms with Crippen molar-refractivity contribution in [3.05, 3.63) is 49.2 Å². The second-order valence-electron chi connectivity index (χ2n) is 3.20. The standard InChI is InChI=1S/C10H6Cl2FNOS2/c11-6-2-1-5(3-7(6)13)4-14-9-8(12)10(15)17-16-9/h1-3,14H,4H2. The first-order chi connectivity index (χ1) is 8.08. The second-order valence-corrected chi connectivity index (χ2v) is 6.10. The summed E-state index contributed by atoms with van der Waals surface area (Å²) in [5.41, 5.74) is 0.730. The molecule has 0 atom stereocenters. The summed E-state index contributed by atoms with van der Waals surface area (Å²) in [5, 5.41) is 3.87. The molecular weight excluding hydrogens is 304 g/mol. The predicted molar refractivity (Wildman–Crippen MR) is 72.2 cm³/mol. The van der Waals surface area contributed by atoms with Gasteiger partial charge in [0.05, 0.1) is 5.02 Å². The van der Waals surface area contributed by atoms with E-state index in [-0.39, 0.29) is 14.8 Å². The van der Waals surface area contributed by atoms with E-state index in [9.17, 15) is 9.18 Å². The molecule has 0 bridgehead atoms. The van der Waals surface area contributed by atoms with Crippen LogP contribution in [0.5, 0.6) is 0 Å². The summed E-state index contributed by atoms with van der Waals surface area (Å²) < 4.78 is 13.0. The minimum atomic E-state index is -0.462. The van der Waals surface area contributed by atoms with E-state index in [0.29, 0.717) is 11.5 Å². The monoisotopic (exact) mass is 309 g/mol. The lowest BCUT2D eigenvalue weighted by Gasteiger charge is -2.04. The summed E-state index contributed by atoms with van der Waals surface area (Å²) in [6.45, 7) is 0.389. The maximum atomic E-state index is 13.2. The smallest absolute Gasteiger partial charge is 0.263 e. The highest BCUT2D eigenvalue weighted by Crippen LogP contribution is 2.27. The Morgan fingerprint density at radius 1 is 1.29 bits per heavy atom. The maximum Gasteiger partial charge on any atom is 0.263 e. The van der Waals surface area contributed by atoms with Crippen molar-refractivity contribution in [3.63, 3.8) is 0 Å². The van der Waals surface area contributed by atoms with Gasteiger partial charge in [-0.15, -0.1) is 0 Å². The van der Waals surface area contributed by atoms with Crippen LogP contribution in [-0.4, -0.2) is 0 Å². The molecule has 1 heterocycles. The highest BCUT2D eigenvalue weighted by atomic mass is 35.5. The summed E-state index contributed by atoms with van der Waals surface area (Å²) in [7, 11) is 2.34. The van der Waals surface area contributed by atoms with Crippen LogP contribution >= 0.6 is 43.9 Å². The molecule has 7 heteroatoms. The van der Waals surface area contributed by atoms with Gasteiger partial charge in [-0.05, 0) is 28.0 Å². The van der Waals surface area contributed by atoms with E-state index in [4.69, 9.17) is 23.2 Å². The van der Waals surface area contributed by atoms with Crippen LogP contribution in [0.2, 0.25) is 10.0 Å². The van der Waals surface area contributed by atoms with E-state index in [0.717, 1.165) is 15.9 Å². The minimum absolute atomic E-state index is 0.0898. The highest BCUT2D eigenvalue weighted by molar-refractivity contribution is 7.70. The fourth-order valence-corrected chi connectivity index (χ4v) is 3.72. The third-order valence-corrected chi connectivity index (χ3v) is 5.07. The summed E-state index contributed by atoms with van der Waals surface area (Å²) in [6.07, 6.45) is 0. The molecular formula is C10H6Cl2FNOS2. The van der Waals surface area contributed by atoms with Crippen molar-refractivity contribution in [2.75, 3.05) is 5.32 Å². The average molecular weight is 310 g/mol. The Labute approximate surface area is 114 Å². The van der Waals surface area contributed by atoms with Gasteiger partial charge in [-0.1, -0.05) is 39.6 Å². The molecule has 2 aromatic rings. The molecule has 0 radical (unpaired) electrons. The van der Waals surface area contributed by atoms with Crippen LogP contribution in [-0.2, 0) is 6.54 Å². The molecule has 2 nitrogen and oxygen atoms in total. The van der Waals surface area contributed by atoms with E-state index in [1.54, 1.807) is 6.07 Å². The van der Waals surface area contributed by atoms with Crippen molar-refractivity contribution in [1.29, 1.82) is 0 Å². The van der Waals surface area contributed by atoms with Crippen molar-refractivity contribution >= 4 is 48.9 Å². The Morgan fingerprint density at radius 3 is 2.65 bits per heavy atom. The number of benzene rings is 1. The van der Waals surface area contributed by atoms with E-state index >= 15 is 0 Å². The van der Waals surface area contributed by atoms with Gasteiger partial charge in [-0.25, -0.2) is 4.39 Å². The number of anilines is 1. The summed E-state index contributed by atoms with van der Waals surface area (Å²) in [5.74, 6) is -0.462. The van der Waals surface area contributed by atoms with Gasteiger partial charge < -0.3 is 5.32 Å². The van der Waals surface area contributed by atoms with Gasteiger partial charge in [-0.2, -0.15) is 0 Å². The van der Waals surface area contributed by atoms with E-state index in [1.807, 2.05) is 0 Å². The second kappa shape index (κ2) is 5.35. The first-order valence-corrected chi connectivity index (χ1v) is 7.45. The molecule has 17 heavy (non-hydrogen) atoms. The van der Waals surface area contributed by atoms with Gasteiger partial charge in [0.25, 0.3) is 4.74 Å². The van der Waals surface area contributed by atoms with Crippen LogP contribution in [0.4, 0.5) is 9.39 Å². The van der Waals surface area contributed by atoms with Crippen LogP contribution in [0.15, 0.2) is 23.0 Å². The van der Waals surface area contributed by atoms with Crippen molar-refractivity contribution in [1.82, 2.24) is 0 Å². The molecule has 0 fully saturated rings. The van der Waals surface area contributed by atoms with Gasteiger partial charge in [0, 0.05) is 6.54 Å². The minimum Gasteiger partial charge on any atom is -0.371 e. The number of rotatable bonds is 3. The molecule has 0 saturated heterocycles. The first kappa shape index (κ1) is 12.8. The van der Waals surface area contributed by atoms with E-state index < -0.39 is 5.82 Å². The van der Waals surface area contributed by atoms with Gasteiger partial charge in [0.1, 0.15) is 15.8 Å². The highest BCUT2D eigenvalue weighted by Gasteiger charge is 2.08. The Bertz CT molecular complexity index is 596. The van der Waals surface area contributed by atoms with Gasteiger partial charge in [0.15, 0.2) is 0 Å². The lowest BCUT2D eigenvalue weighted by molar-refractivity contribution is 0.626. The molecule has 0 unspecified atom stereocenters. The van der Waals surface area contributed by atoms with Crippen LogP contribution in [0.1, 0.15) is 5.56 Å². The third kappa shape index (κ3) is 2.98. The normalized spacial score (nSPS) is 10.5. The lowest BCUT2D eigenvalue weighted by atomic mass is 10.2. The average Bonchev–Trinajstić information content (AvgIpc) is 2.62. The van der Waals surface area contributed by atoms with Crippen LogP contribution in [0, 0.1) is 5.82 Å². The van der Waals surface area contributed by atoms with Gasteiger partial charge >= 0.3 is 0 Å². The molecule has 0 amide bonds. The number of hydrogen-bond acceptors (Lipinski definition) is 4. The quantitative estimate of drug-likeness (QED) is 0.860. The maximum absolute atomic E-state index is 13.2. The fourth-order valence-electron chi connectivity index (χ4n) is 1.18. The Morgan fingerprint density at radius 2 is 2.06 bits per heavy atom. The third-order valence-electron chi connectivity index (χ3n) is 2.02. The Balaban J connectivity index is 2.10. The molecule has 0 spiro atoms. The Kier molecular flexibility index (Phi) is 4.04. The predicted octanol–water partition coefficient (Wildman–Crippen LogP) is 4.23. The molecule has 1 aromatic heterocycles. The van der Waals surface area contributed by atoms with Crippen molar-refractivity contribution in [2.45, 2.75) is 6.54 Å². The summed E-state index contributed by atoms with van der Waals surface area (Å²) in [4.78, 5) is 11.1. The van der Waals surface area contributed by atoms with Crippen LogP contribution < -0.4 is 10.1 Å². The largest absolute Gasteiger partial charge is 0.371 e. The summed E-state index contributed by atoms with van der Waals surface area (Å²) in [6, 6.07) is 4.55. The first-order valence-electron chi connectivity index (χ1n) is 4.54. The Hall–Kier alpha value is -0.620. The zero-order chi connectivity index (χ0) is 12.4. The lowest BCUT2D eigenvalue weighted by Crippen LogP contribution is -2.00. The molecule has 0 saturated carbocycles. The zero-order valence-electron chi connectivity index (χ0n) is 8.30. The van der Waals surface area contributed by atoms with E-state index in [1.165, 1.54) is 22.5 Å². The van der Waals surface area contributed by atoms with Crippen LogP contribution in [0.3, 0.4) is 0 Å². The molecule has 1 N–H and O–H groups in total. The molecule has 2 rings (SSSR count). The van der Waals surface area contributed by atoms with Gasteiger partial charge in [-0.3, -0.25) is 4.79 Å². The number of nitrogens with one attached hydrogen (secondary N) is 1. The van der Waals surface area contributed by atoms with E-state index in [2.05, 4.69) is 5.32 Å². The fraction of sp³-hybridized carbons (Fsp3) is 0.100. The van der Waals surface area contributed by atoms with Crippen molar-refractivity contribution < 1.29 is 4.39 Å². The SMILES string of the molecule is O=c1ssc(NCc2ccc(Cl)c(F)c2)c1Cl. The topological polar surface area (TPSA) is 29.1 Å². The molecule has 0 aliphatic carbocycles. The molecule has 0 aliphatic heterocycles. The van der Waals surface area contributed by atoms with Gasteiger partial charge in [0.2, 0.25) is 0 Å².